The van der Waals surface area contributed by atoms with Crippen molar-refractivity contribution in [3.63, 3.8) is 0 Å². The first-order valence-corrected chi connectivity index (χ1v) is 11.9. The number of para-hydroxylation sites is 2. The van der Waals surface area contributed by atoms with Crippen LogP contribution in [0, 0.1) is 0 Å². The monoisotopic (exact) mass is 505 g/mol. The molecule has 4 rings (SSSR count). The summed E-state index contributed by atoms with van der Waals surface area (Å²) in [6.45, 7) is 9.71. The molecule has 0 unspecified atom stereocenters. The Morgan fingerprint density at radius 3 is 2.06 bits per heavy atom. The number of benzene rings is 2. The molecule has 0 fully saturated rings. The van der Waals surface area contributed by atoms with E-state index in [0.29, 0.717) is 17.8 Å². The van der Waals surface area contributed by atoms with E-state index >= 15 is 0 Å². The number of fused-ring (bicyclic) bond motifs is 1. The number of halogens is 1. The fourth-order valence-electron chi connectivity index (χ4n) is 4.92. The van der Waals surface area contributed by atoms with Gasteiger partial charge in [-0.05, 0) is 57.5 Å². The fraction of sp³-hybridized carbons (Fsp3) is 0.296. The van der Waals surface area contributed by atoms with E-state index in [1.165, 1.54) is 0 Å². The van der Waals surface area contributed by atoms with E-state index in [2.05, 4.69) is 38.4 Å². The van der Waals surface area contributed by atoms with Crippen LogP contribution >= 0.6 is 15.9 Å². The highest BCUT2D eigenvalue weighted by Crippen LogP contribution is 2.43. The van der Waals surface area contributed by atoms with Gasteiger partial charge in [-0.1, -0.05) is 47.1 Å². The number of carbonyl (C=O) groups is 2. The molecule has 0 saturated heterocycles. The molecule has 0 radical (unpaired) electrons. The zero-order valence-corrected chi connectivity index (χ0v) is 21.2. The summed E-state index contributed by atoms with van der Waals surface area (Å²) in [5.41, 5.74) is 6.00. The number of carbonyl (C=O) groups excluding carboxylic acids is 2. The Balaban J connectivity index is 1.91. The van der Waals surface area contributed by atoms with Crippen molar-refractivity contribution in [2.75, 3.05) is 0 Å². The number of hydrogen-bond donors (Lipinski definition) is 0. The van der Waals surface area contributed by atoms with E-state index in [1.54, 1.807) is 13.8 Å². The number of aromatic nitrogens is 2. The molecule has 0 aliphatic carbocycles. The number of imidazole rings is 1. The van der Waals surface area contributed by atoms with Gasteiger partial charge in [-0.15, -0.1) is 0 Å². The highest BCUT2D eigenvalue weighted by Gasteiger charge is 2.36. The molecule has 1 aromatic heterocycles. The van der Waals surface area contributed by atoms with Crippen molar-refractivity contribution in [3.8, 4) is 0 Å². The zero-order valence-electron chi connectivity index (χ0n) is 19.6. The summed E-state index contributed by atoms with van der Waals surface area (Å²) in [5.74, 6) is 0.542. The van der Waals surface area contributed by atoms with Crippen LogP contribution in [0.4, 0.5) is 0 Å². The molecule has 1 aliphatic rings. The Kier molecular flexibility index (Phi) is 6.39. The minimum Gasteiger partial charge on any atom is -0.330 e. The number of allylic oxidation sites excluding steroid dienone is 4. The van der Waals surface area contributed by atoms with E-state index in [1.807, 2.05) is 56.3 Å². The van der Waals surface area contributed by atoms with Gasteiger partial charge in [0.2, 0.25) is 0 Å². The summed E-state index contributed by atoms with van der Waals surface area (Å²) in [6, 6.07) is 15.9. The maximum atomic E-state index is 13.0. The van der Waals surface area contributed by atoms with Gasteiger partial charge in [0.15, 0.2) is 11.6 Å². The lowest BCUT2D eigenvalue weighted by Gasteiger charge is -2.38. The van der Waals surface area contributed by atoms with Crippen LogP contribution in [0.25, 0.3) is 11.0 Å². The summed E-state index contributed by atoms with van der Waals surface area (Å²) in [5, 5.41) is 0. The third-order valence-corrected chi connectivity index (χ3v) is 6.99. The first kappa shape index (κ1) is 23.2. The average molecular weight is 506 g/mol. The van der Waals surface area contributed by atoms with E-state index in [9.17, 15) is 9.59 Å². The molecule has 3 aromatic rings. The SMILES string of the molecule is CCc1nc2ccccc2n1CN1C(C)=C(C(C)=O)C(c2ccc(Br)cc2)C(C(C)=O)=C1C. The molecule has 0 bridgehead atoms. The summed E-state index contributed by atoms with van der Waals surface area (Å²) >= 11 is 3.48. The highest BCUT2D eigenvalue weighted by atomic mass is 79.9. The van der Waals surface area contributed by atoms with Gasteiger partial charge in [-0.3, -0.25) is 9.59 Å². The lowest BCUT2D eigenvalue weighted by atomic mass is 9.77. The first-order valence-electron chi connectivity index (χ1n) is 11.1. The van der Waals surface area contributed by atoms with Gasteiger partial charge in [-0.2, -0.15) is 0 Å². The van der Waals surface area contributed by atoms with E-state index in [-0.39, 0.29) is 17.5 Å². The third kappa shape index (κ3) is 4.08. The molecular formula is C27H28BrN3O2. The lowest BCUT2D eigenvalue weighted by Crippen LogP contribution is -2.35. The van der Waals surface area contributed by atoms with Crippen molar-refractivity contribution in [2.45, 2.75) is 53.6 Å². The number of aryl methyl sites for hydroxylation is 1. The summed E-state index contributed by atoms with van der Waals surface area (Å²) in [4.78, 5) is 32.8. The average Bonchev–Trinajstić information content (AvgIpc) is 3.13. The Bertz CT molecular complexity index is 1280. The fourth-order valence-corrected chi connectivity index (χ4v) is 5.18. The lowest BCUT2D eigenvalue weighted by molar-refractivity contribution is -0.114. The largest absolute Gasteiger partial charge is 0.330 e. The van der Waals surface area contributed by atoms with Crippen LogP contribution in [-0.2, 0) is 22.7 Å². The van der Waals surface area contributed by atoms with Crippen molar-refractivity contribution in [3.05, 3.63) is 86.9 Å². The van der Waals surface area contributed by atoms with Crippen molar-refractivity contribution < 1.29 is 9.59 Å². The van der Waals surface area contributed by atoms with Gasteiger partial charge in [0.25, 0.3) is 0 Å². The van der Waals surface area contributed by atoms with E-state index in [0.717, 1.165) is 44.7 Å². The van der Waals surface area contributed by atoms with E-state index in [4.69, 9.17) is 4.98 Å². The number of Topliss-reactive ketones (excluding diaryl/α,β-unsaturated/α-hetero) is 2. The number of hydrogen-bond acceptors (Lipinski definition) is 4. The number of ketones is 2. The Hall–Kier alpha value is -2.99. The van der Waals surface area contributed by atoms with Crippen LogP contribution in [0.2, 0.25) is 0 Å². The maximum absolute atomic E-state index is 13.0. The van der Waals surface area contributed by atoms with Gasteiger partial charge < -0.3 is 9.47 Å². The molecule has 0 saturated carbocycles. The number of nitrogens with zero attached hydrogens (tertiary/aromatic N) is 3. The van der Waals surface area contributed by atoms with Crippen molar-refractivity contribution in [2.24, 2.45) is 0 Å². The quantitative estimate of drug-likeness (QED) is 0.403. The van der Waals surface area contributed by atoms with Crippen LogP contribution in [0.15, 0.2) is 75.5 Å². The molecule has 0 N–H and O–H groups in total. The van der Waals surface area contributed by atoms with Crippen molar-refractivity contribution in [1.29, 1.82) is 0 Å². The van der Waals surface area contributed by atoms with Crippen LogP contribution in [0.3, 0.4) is 0 Å². The standard InChI is InChI=1S/C27H28BrN3O2/c1-6-24-29-22-9-7-8-10-23(22)31(24)15-30-16(2)25(18(4)32)27(26(17(30)3)19(5)33)20-11-13-21(28)14-12-20/h7-14,27H,6,15H2,1-5H3. The summed E-state index contributed by atoms with van der Waals surface area (Å²) in [6.07, 6.45) is 0.786. The van der Waals surface area contributed by atoms with Gasteiger partial charge in [0, 0.05) is 39.4 Å². The molecule has 2 aromatic carbocycles. The highest BCUT2D eigenvalue weighted by molar-refractivity contribution is 9.10. The molecule has 170 valence electrons. The molecule has 33 heavy (non-hydrogen) atoms. The summed E-state index contributed by atoms with van der Waals surface area (Å²) < 4.78 is 3.13. The zero-order chi connectivity index (χ0) is 23.9. The molecule has 5 nitrogen and oxygen atoms in total. The minimum atomic E-state index is -0.380. The number of rotatable bonds is 6. The molecular weight excluding hydrogens is 478 g/mol. The second-order valence-corrected chi connectivity index (χ2v) is 9.38. The molecule has 1 aliphatic heterocycles. The predicted octanol–water partition coefficient (Wildman–Crippen LogP) is 6.14. The van der Waals surface area contributed by atoms with Gasteiger partial charge in [-0.25, -0.2) is 4.98 Å². The molecule has 0 amide bonds. The van der Waals surface area contributed by atoms with Gasteiger partial charge >= 0.3 is 0 Å². The normalized spacial score (nSPS) is 15.0. The second-order valence-electron chi connectivity index (χ2n) is 8.46. The topological polar surface area (TPSA) is 55.2 Å². The minimum absolute atomic E-state index is 0.0251. The Morgan fingerprint density at radius 2 is 1.52 bits per heavy atom. The van der Waals surface area contributed by atoms with Gasteiger partial charge in [0.1, 0.15) is 12.5 Å². The van der Waals surface area contributed by atoms with Crippen LogP contribution in [-0.4, -0.2) is 26.0 Å². The smallest absolute Gasteiger partial charge is 0.158 e. The molecule has 0 atom stereocenters. The molecule has 2 heterocycles. The first-order chi connectivity index (χ1) is 15.7. The van der Waals surface area contributed by atoms with Crippen molar-refractivity contribution >= 4 is 38.5 Å². The van der Waals surface area contributed by atoms with Crippen molar-refractivity contribution in [1.82, 2.24) is 14.5 Å². The van der Waals surface area contributed by atoms with E-state index < -0.39 is 0 Å². The van der Waals surface area contributed by atoms with Crippen LogP contribution in [0.5, 0.6) is 0 Å². The molecule has 0 spiro atoms. The third-order valence-electron chi connectivity index (χ3n) is 6.46. The Labute approximate surface area is 202 Å². The predicted molar refractivity (Wildman–Crippen MR) is 135 cm³/mol. The Morgan fingerprint density at radius 1 is 0.939 bits per heavy atom. The maximum Gasteiger partial charge on any atom is 0.158 e. The van der Waals surface area contributed by atoms with Crippen LogP contribution in [0.1, 0.15) is 51.9 Å². The van der Waals surface area contributed by atoms with Crippen LogP contribution < -0.4 is 0 Å². The molecule has 6 heteroatoms. The van der Waals surface area contributed by atoms with Gasteiger partial charge in [0.05, 0.1) is 11.0 Å². The summed E-state index contributed by atoms with van der Waals surface area (Å²) in [7, 11) is 0. The second kappa shape index (κ2) is 9.10.